The Hall–Kier alpha value is -1.16. The minimum atomic E-state index is 0.774. The highest BCUT2D eigenvalue weighted by Crippen LogP contribution is 2.38. The maximum atomic E-state index is 4.43. The van der Waals surface area contributed by atoms with E-state index in [1.54, 1.807) is 0 Å². The van der Waals surface area contributed by atoms with Gasteiger partial charge in [-0.25, -0.2) is 4.98 Å². The lowest BCUT2D eigenvalue weighted by atomic mass is 10.3. The predicted octanol–water partition coefficient (Wildman–Crippen LogP) is 1.29. The van der Waals surface area contributed by atoms with E-state index in [4.69, 9.17) is 0 Å². The van der Waals surface area contributed by atoms with Crippen LogP contribution in [0.2, 0.25) is 0 Å². The van der Waals surface area contributed by atoms with Gasteiger partial charge in [0.2, 0.25) is 0 Å². The number of hydrogen-bond acceptors (Lipinski definition) is 4. The Labute approximate surface area is 97.1 Å². The van der Waals surface area contributed by atoms with Crippen LogP contribution in [0.4, 0.5) is 5.82 Å². The van der Waals surface area contributed by atoms with E-state index in [2.05, 4.69) is 34.2 Å². The summed E-state index contributed by atoms with van der Waals surface area (Å²) < 4.78 is 0. The van der Waals surface area contributed by atoms with Gasteiger partial charge in [0.15, 0.2) is 0 Å². The highest BCUT2D eigenvalue weighted by molar-refractivity contribution is 5.34. The Morgan fingerprint density at radius 3 is 2.69 bits per heavy atom. The van der Waals surface area contributed by atoms with Crippen molar-refractivity contribution >= 4 is 5.82 Å². The topological polar surface area (TPSA) is 41.1 Å². The fraction of sp³-hybridized carbons (Fsp3) is 0.667. The summed E-state index contributed by atoms with van der Waals surface area (Å²) in [5, 5.41) is 3.06. The summed E-state index contributed by atoms with van der Waals surface area (Å²) in [5.74, 6) is 2.71. The Kier molecular flexibility index (Phi) is 3.39. The van der Waals surface area contributed by atoms with Gasteiger partial charge in [0, 0.05) is 20.1 Å². The molecule has 4 nitrogen and oxygen atoms in total. The van der Waals surface area contributed by atoms with Crippen molar-refractivity contribution in [2.75, 3.05) is 25.5 Å². The molecule has 0 aliphatic heterocycles. The number of anilines is 1. The molecule has 2 unspecified atom stereocenters. The van der Waals surface area contributed by atoms with Crippen molar-refractivity contribution < 1.29 is 0 Å². The van der Waals surface area contributed by atoms with Gasteiger partial charge in [-0.3, -0.25) is 4.98 Å². The smallest absolute Gasteiger partial charge is 0.146 e. The SMILES string of the molecule is CNCc1cnc(N(C)CC2CC2C)cn1. The van der Waals surface area contributed by atoms with E-state index in [1.807, 2.05) is 19.4 Å². The molecule has 1 aliphatic carbocycles. The zero-order chi connectivity index (χ0) is 11.5. The van der Waals surface area contributed by atoms with Crippen LogP contribution in [0.5, 0.6) is 0 Å². The molecular formula is C12H20N4. The second-order valence-corrected chi connectivity index (χ2v) is 4.75. The molecule has 0 radical (unpaired) electrons. The minimum absolute atomic E-state index is 0.774. The number of hydrogen-bond donors (Lipinski definition) is 1. The van der Waals surface area contributed by atoms with Crippen molar-refractivity contribution in [2.45, 2.75) is 19.9 Å². The number of nitrogens with zero attached hydrogens (tertiary/aromatic N) is 3. The van der Waals surface area contributed by atoms with Crippen LogP contribution in [0.1, 0.15) is 19.0 Å². The third-order valence-corrected chi connectivity index (χ3v) is 3.23. The van der Waals surface area contributed by atoms with Gasteiger partial charge in [0.25, 0.3) is 0 Å². The quantitative estimate of drug-likeness (QED) is 0.812. The second kappa shape index (κ2) is 4.78. The third kappa shape index (κ3) is 2.70. The molecule has 2 rings (SSSR count). The Balaban J connectivity index is 1.92. The van der Waals surface area contributed by atoms with Crippen molar-refractivity contribution in [3.8, 4) is 0 Å². The molecule has 0 spiro atoms. The molecule has 1 aromatic rings. The highest BCUT2D eigenvalue weighted by Gasteiger charge is 2.33. The summed E-state index contributed by atoms with van der Waals surface area (Å²) in [5.41, 5.74) is 0.986. The van der Waals surface area contributed by atoms with Crippen LogP contribution in [-0.2, 0) is 6.54 Å². The number of rotatable bonds is 5. The normalized spacial score (nSPS) is 23.2. The number of aromatic nitrogens is 2. The molecule has 0 bridgehead atoms. The Morgan fingerprint density at radius 1 is 1.44 bits per heavy atom. The van der Waals surface area contributed by atoms with Gasteiger partial charge >= 0.3 is 0 Å². The second-order valence-electron chi connectivity index (χ2n) is 4.75. The maximum Gasteiger partial charge on any atom is 0.146 e. The molecule has 1 aromatic heterocycles. The molecule has 1 heterocycles. The van der Waals surface area contributed by atoms with Crippen molar-refractivity contribution in [3.63, 3.8) is 0 Å². The Bertz CT molecular complexity index is 335. The molecule has 0 aromatic carbocycles. The van der Waals surface area contributed by atoms with Gasteiger partial charge in [0.1, 0.15) is 5.82 Å². The average Bonchev–Trinajstić information content (AvgIpc) is 2.95. The van der Waals surface area contributed by atoms with Crippen LogP contribution in [0.25, 0.3) is 0 Å². The fourth-order valence-corrected chi connectivity index (χ4v) is 1.92. The first-order valence-electron chi connectivity index (χ1n) is 5.87. The van der Waals surface area contributed by atoms with Crippen LogP contribution in [-0.4, -0.2) is 30.6 Å². The first-order chi connectivity index (χ1) is 7.70. The van der Waals surface area contributed by atoms with E-state index in [9.17, 15) is 0 Å². The van der Waals surface area contributed by atoms with Crippen LogP contribution >= 0.6 is 0 Å². The third-order valence-electron chi connectivity index (χ3n) is 3.23. The van der Waals surface area contributed by atoms with Gasteiger partial charge in [-0.15, -0.1) is 0 Å². The van der Waals surface area contributed by atoms with Crippen molar-refractivity contribution in [1.29, 1.82) is 0 Å². The largest absolute Gasteiger partial charge is 0.358 e. The molecule has 1 aliphatic rings. The summed E-state index contributed by atoms with van der Waals surface area (Å²) >= 11 is 0. The van der Waals surface area contributed by atoms with E-state index in [-0.39, 0.29) is 0 Å². The van der Waals surface area contributed by atoms with E-state index < -0.39 is 0 Å². The average molecular weight is 220 g/mol. The van der Waals surface area contributed by atoms with Crippen LogP contribution in [0, 0.1) is 11.8 Å². The molecular weight excluding hydrogens is 200 g/mol. The minimum Gasteiger partial charge on any atom is -0.358 e. The van der Waals surface area contributed by atoms with Gasteiger partial charge in [-0.2, -0.15) is 0 Å². The first kappa shape index (κ1) is 11.3. The lowest BCUT2D eigenvalue weighted by molar-refractivity contribution is 0.715. The first-order valence-corrected chi connectivity index (χ1v) is 5.87. The van der Waals surface area contributed by atoms with Gasteiger partial charge < -0.3 is 10.2 Å². The van der Waals surface area contributed by atoms with Gasteiger partial charge in [-0.05, 0) is 25.3 Å². The summed E-state index contributed by atoms with van der Waals surface area (Å²) in [6, 6.07) is 0. The summed E-state index contributed by atoms with van der Waals surface area (Å²) in [7, 11) is 4.00. The molecule has 16 heavy (non-hydrogen) atoms. The van der Waals surface area contributed by atoms with Gasteiger partial charge in [0.05, 0.1) is 18.1 Å². The summed E-state index contributed by atoms with van der Waals surface area (Å²) in [6.45, 7) is 4.18. The molecule has 4 heteroatoms. The Morgan fingerprint density at radius 2 is 2.19 bits per heavy atom. The van der Waals surface area contributed by atoms with E-state index >= 15 is 0 Å². The standard InChI is InChI=1S/C12H20N4/c1-9-4-10(9)8-16(3)12-7-14-11(5-13-2)6-15-12/h6-7,9-10,13H,4-5,8H2,1-3H3. The van der Waals surface area contributed by atoms with E-state index in [0.717, 1.165) is 36.4 Å². The lowest BCUT2D eigenvalue weighted by Gasteiger charge is -2.17. The highest BCUT2D eigenvalue weighted by atomic mass is 15.2. The molecule has 88 valence electrons. The zero-order valence-corrected chi connectivity index (χ0v) is 10.3. The molecule has 0 saturated heterocycles. The van der Waals surface area contributed by atoms with E-state index in [1.165, 1.54) is 6.42 Å². The van der Waals surface area contributed by atoms with Crippen LogP contribution in [0.3, 0.4) is 0 Å². The number of nitrogens with one attached hydrogen (secondary N) is 1. The van der Waals surface area contributed by atoms with Crippen LogP contribution in [0.15, 0.2) is 12.4 Å². The molecule has 1 saturated carbocycles. The van der Waals surface area contributed by atoms with Gasteiger partial charge in [-0.1, -0.05) is 6.92 Å². The van der Waals surface area contributed by atoms with Crippen molar-refractivity contribution in [3.05, 3.63) is 18.1 Å². The fourth-order valence-electron chi connectivity index (χ4n) is 1.92. The molecule has 0 amide bonds. The lowest BCUT2D eigenvalue weighted by Crippen LogP contribution is -2.22. The van der Waals surface area contributed by atoms with Crippen molar-refractivity contribution in [2.24, 2.45) is 11.8 Å². The molecule has 1 fully saturated rings. The molecule has 1 N–H and O–H groups in total. The van der Waals surface area contributed by atoms with E-state index in [0.29, 0.717) is 0 Å². The summed E-state index contributed by atoms with van der Waals surface area (Å²) in [6.07, 6.45) is 5.06. The van der Waals surface area contributed by atoms with Crippen molar-refractivity contribution in [1.82, 2.24) is 15.3 Å². The zero-order valence-electron chi connectivity index (χ0n) is 10.3. The maximum absolute atomic E-state index is 4.43. The van der Waals surface area contributed by atoms with Crippen LogP contribution < -0.4 is 10.2 Å². The predicted molar refractivity (Wildman–Crippen MR) is 65.3 cm³/mol. The molecule has 2 atom stereocenters. The monoisotopic (exact) mass is 220 g/mol. The summed E-state index contributed by atoms with van der Waals surface area (Å²) in [4.78, 5) is 11.0.